The first-order valence-corrected chi connectivity index (χ1v) is 10.9. The van der Waals surface area contributed by atoms with Crippen LogP contribution >= 0.6 is 0 Å². The smallest absolute Gasteiger partial charge is 0.253 e. The molecule has 0 saturated carbocycles. The Morgan fingerprint density at radius 1 is 1.06 bits per heavy atom. The molecule has 3 aromatic carbocycles. The molecule has 31 heavy (non-hydrogen) atoms. The molecule has 0 radical (unpaired) electrons. The molecule has 0 aromatic heterocycles. The number of benzene rings is 3. The molecule has 158 valence electrons. The molecule has 0 bridgehead atoms. The van der Waals surface area contributed by atoms with Crippen LogP contribution in [0.2, 0.25) is 0 Å². The molecule has 0 saturated heterocycles. The highest BCUT2D eigenvalue weighted by molar-refractivity contribution is 7.89. The van der Waals surface area contributed by atoms with E-state index in [2.05, 4.69) is 6.07 Å². The number of hydrogen-bond donors (Lipinski definition) is 1. The van der Waals surface area contributed by atoms with E-state index in [0.29, 0.717) is 22.4 Å². The second-order valence-electron chi connectivity index (χ2n) is 6.94. The Kier molecular flexibility index (Phi) is 6.70. The third kappa shape index (κ3) is 5.69. The largest absolute Gasteiger partial charge is 0.489 e. The van der Waals surface area contributed by atoms with Crippen LogP contribution in [0.1, 0.15) is 27.0 Å². The van der Waals surface area contributed by atoms with Gasteiger partial charge in [0.25, 0.3) is 5.91 Å². The Balaban J connectivity index is 1.72. The van der Waals surface area contributed by atoms with E-state index in [9.17, 15) is 13.2 Å². The minimum absolute atomic E-state index is 0.00333. The van der Waals surface area contributed by atoms with Gasteiger partial charge in [-0.05, 0) is 47.5 Å². The maximum atomic E-state index is 12.9. The van der Waals surface area contributed by atoms with Crippen LogP contribution in [0.15, 0.2) is 77.7 Å². The van der Waals surface area contributed by atoms with Crippen molar-refractivity contribution in [1.29, 1.82) is 5.26 Å². The molecule has 3 aromatic rings. The van der Waals surface area contributed by atoms with E-state index in [4.69, 9.17) is 15.1 Å². The monoisotopic (exact) mass is 435 g/mol. The quantitative estimate of drug-likeness (QED) is 0.613. The number of hydrogen-bond acceptors (Lipinski definition) is 5. The number of primary sulfonamides is 1. The SMILES string of the molecule is CN(Cc1ccccc1S(N)(=O)=O)C(=O)c1cccc(COc2cccc(C#N)c2)c1. The average Bonchev–Trinajstić information content (AvgIpc) is 2.77. The van der Waals surface area contributed by atoms with Gasteiger partial charge in [0.1, 0.15) is 12.4 Å². The molecule has 0 aliphatic carbocycles. The zero-order chi connectivity index (χ0) is 22.4. The topological polar surface area (TPSA) is 113 Å². The summed E-state index contributed by atoms with van der Waals surface area (Å²) >= 11 is 0. The second kappa shape index (κ2) is 9.43. The molecule has 0 atom stereocenters. The Bertz CT molecular complexity index is 1250. The van der Waals surface area contributed by atoms with E-state index in [-0.39, 0.29) is 24.0 Å². The number of nitrogens with two attached hydrogens (primary N) is 1. The minimum atomic E-state index is -3.89. The van der Waals surface area contributed by atoms with Crippen molar-refractivity contribution in [2.75, 3.05) is 7.05 Å². The predicted molar refractivity (Wildman–Crippen MR) is 116 cm³/mol. The van der Waals surface area contributed by atoms with Crippen LogP contribution in [0.3, 0.4) is 0 Å². The van der Waals surface area contributed by atoms with E-state index in [1.54, 1.807) is 67.7 Å². The standard InChI is InChI=1S/C23H21N3O4S/c1-26(15-20-8-2-3-11-22(20)31(25,28)29)23(27)19-9-4-7-18(12-19)16-30-21-10-5-6-17(13-21)14-24/h2-13H,15-16H2,1H3,(H2,25,28,29). The number of amides is 1. The van der Waals surface area contributed by atoms with Crippen molar-refractivity contribution in [3.05, 3.63) is 95.1 Å². The van der Waals surface area contributed by atoms with E-state index in [1.165, 1.54) is 11.0 Å². The van der Waals surface area contributed by atoms with Crippen molar-refractivity contribution in [2.24, 2.45) is 5.14 Å². The van der Waals surface area contributed by atoms with E-state index < -0.39 is 10.0 Å². The summed E-state index contributed by atoms with van der Waals surface area (Å²) in [6, 6.07) is 22.2. The van der Waals surface area contributed by atoms with E-state index in [1.807, 2.05) is 6.07 Å². The summed E-state index contributed by atoms with van der Waals surface area (Å²) in [4.78, 5) is 14.3. The lowest BCUT2D eigenvalue weighted by Crippen LogP contribution is -2.27. The molecule has 0 unspecified atom stereocenters. The molecule has 0 aliphatic rings. The zero-order valence-corrected chi connectivity index (χ0v) is 17.7. The first-order chi connectivity index (χ1) is 14.8. The van der Waals surface area contributed by atoms with Crippen LogP contribution < -0.4 is 9.88 Å². The summed E-state index contributed by atoms with van der Waals surface area (Å²) in [7, 11) is -2.29. The highest BCUT2D eigenvalue weighted by Crippen LogP contribution is 2.18. The molecule has 0 fully saturated rings. The number of carbonyl (C=O) groups excluding carboxylic acids is 1. The zero-order valence-electron chi connectivity index (χ0n) is 16.9. The Morgan fingerprint density at radius 2 is 1.81 bits per heavy atom. The van der Waals surface area contributed by atoms with Gasteiger partial charge in [-0.15, -0.1) is 0 Å². The molecule has 2 N–H and O–H groups in total. The fraction of sp³-hybridized carbons (Fsp3) is 0.130. The highest BCUT2D eigenvalue weighted by atomic mass is 32.2. The third-order valence-corrected chi connectivity index (χ3v) is 5.59. The summed E-state index contributed by atoms with van der Waals surface area (Å²) in [5.74, 6) is 0.296. The van der Waals surface area contributed by atoms with Crippen LogP contribution in [0.5, 0.6) is 5.75 Å². The minimum Gasteiger partial charge on any atom is -0.489 e. The molecular formula is C23H21N3O4S. The lowest BCUT2D eigenvalue weighted by atomic mass is 10.1. The average molecular weight is 436 g/mol. The van der Waals surface area contributed by atoms with Crippen molar-refractivity contribution in [3.63, 3.8) is 0 Å². The van der Waals surface area contributed by atoms with Gasteiger partial charge in [0.15, 0.2) is 0 Å². The molecule has 0 heterocycles. The molecule has 8 heteroatoms. The number of nitriles is 1. The lowest BCUT2D eigenvalue weighted by Gasteiger charge is -2.19. The summed E-state index contributed by atoms with van der Waals surface area (Å²) in [6.45, 7) is 0.321. The molecule has 1 amide bonds. The summed E-state index contributed by atoms with van der Waals surface area (Å²) in [6.07, 6.45) is 0. The Hall–Kier alpha value is -3.67. The molecular weight excluding hydrogens is 414 g/mol. The van der Waals surface area contributed by atoms with Crippen LogP contribution in [0, 0.1) is 11.3 Å². The molecule has 7 nitrogen and oxygen atoms in total. The van der Waals surface area contributed by atoms with Gasteiger partial charge in [0, 0.05) is 19.2 Å². The predicted octanol–water partition coefficient (Wildman–Crippen LogP) is 3.06. The van der Waals surface area contributed by atoms with Gasteiger partial charge in [-0.1, -0.05) is 36.4 Å². The number of nitrogens with zero attached hydrogens (tertiary/aromatic N) is 2. The molecule has 3 rings (SSSR count). The fourth-order valence-corrected chi connectivity index (χ4v) is 3.84. The first kappa shape index (κ1) is 22.0. The number of rotatable bonds is 7. The second-order valence-corrected chi connectivity index (χ2v) is 8.47. The number of sulfonamides is 1. The van der Waals surface area contributed by atoms with E-state index in [0.717, 1.165) is 5.56 Å². The fourth-order valence-electron chi connectivity index (χ4n) is 3.08. The number of carbonyl (C=O) groups is 1. The first-order valence-electron chi connectivity index (χ1n) is 9.36. The van der Waals surface area contributed by atoms with Crippen LogP contribution in [0.4, 0.5) is 0 Å². The normalized spacial score (nSPS) is 10.9. The number of ether oxygens (including phenoxy) is 1. The van der Waals surface area contributed by atoms with Crippen LogP contribution in [-0.4, -0.2) is 26.3 Å². The highest BCUT2D eigenvalue weighted by Gasteiger charge is 2.18. The van der Waals surface area contributed by atoms with Gasteiger partial charge in [-0.3, -0.25) is 4.79 Å². The van der Waals surface area contributed by atoms with Crippen LogP contribution in [-0.2, 0) is 23.2 Å². The van der Waals surface area contributed by atoms with Gasteiger partial charge >= 0.3 is 0 Å². The third-order valence-electron chi connectivity index (χ3n) is 4.58. The van der Waals surface area contributed by atoms with Gasteiger partial charge < -0.3 is 9.64 Å². The molecule has 0 aliphatic heterocycles. The maximum absolute atomic E-state index is 12.9. The van der Waals surface area contributed by atoms with Crippen molar-refractivity contribution in [1.82, 2.24) is 4.90 Å². The van der Waals surface area contributed by atoms with E-state index >= 15 is 0 Å². The van der Waals surface area contributed by atoms with Crippen molar-refractivity contribution < 1.29 is 17.9 Å². The Labute approximate surface area is 181 Å². The van der Waals surface area contributed by atoms with Gasteiger partial charge in [0.2, 0.25) is 10.0 Å². The summed E-state index contributed by atoms with van der Waals surface area (Å²) < 4.78 is 29.3. The summed E-state index contributed by atoms with van der Waals surface area (Å²) in [5, 5.41) is 14.3. The molecule has 0 spiro atoms. The maximum Gasteiger partial charge on any atom is 0.253 e. The van der Waals surface area contributed by atoms with Gasteiger partial charge in [-0.25, -0.2) is 13.6 Å². The van der Waals surface area contributed by atoms with Crippen molar-refractivity contribution >= 4 is 15.9 Å². The van der Waals surface area contributed by atoms with Crippen molar-refractivity contribution in [3.8, 4) is 11.8 Å². The Morgan fingerprint density at radius 3 is 2.55 bits per heavy atom. The van der Waals surface area contributed by atoms with Crippen LogP contribution in [0.25, 0.3) is 0 Å². The summed E-state index contributed by atoms with van der Waals surface area (Å²) in [5.41, 5.74) is 2.18. The van der Waals surface area contributed by atoms with Gasteiger partial charge in [0.05, 0.1) is 16.5 Å². The van der Waals surface area contributed by atoms with Crippen molar-refractivity contribution in [2.45, 2.75) is 18.0 Å². The lowest BCUT2D eigenvalue weighted by molar-refractivity contribution is 0.0783. The van der Waals surface area contributed by atoms with Gasteiger partial charge in [-0.2, -0.15) is 5.26 Å².